The number of thiocarbonyl (C=S) groups is 1. The molecule has 1 fully saturated rings. The molecule has 2 N–H and O–H groups in total. The van der Waals surface area contributed by atoms with E-state index in [1.54, 1.807) is 0 Å². The van der Waals surface area contributed by atoms with Crippen molar-refractivity contribution >= 4 is 45.8 Å². The van der Waals surface area contributed by atoms with Crippen LogP contribution in [-0.4, -0.2) is 26.9 Å². The van der Waals surface area contributed by atoms with Crippen LogP contribution in [0.2, 0.25) is 0 Å². The third-order valence-electron chi connectivity index (χ3n) is 3.75. The first-order valence-corrected chi connectivity index (χ1v) is 8.81. The Kier molecular flexibility index (Phi) is 5.16. The van der Waals surface area contributed by atoms with E-state index in [0.717, 1.165) is 23.9 Å². The van der Waals surface area contributed by atoms with Gasteiger partial charge in [0.25, 0.3) is 5.91 Å². The lowest BCUT2D eigenvalue weighted by molar-refractivity contribution is -0.137. The monoisotopic (exact) mass is 411 g/mol. The van der Waals surface area contributed by atoms with E-state index in [-0.39, 0.29) is 28.6 Å². The van der Waals surface area contributed by atoms with E-state index >= 15 is 0 Å². The summed E-state index contributed by atoms with van der Waals surface area (Å²) in [5.74, 6) is -1.16. The number of hydrogen-bond acceptors (Lipinski definition) is 5. The molecule has 0 saturated carbocycles. The van der Waals surface area contributed by atoms with Crippen molar-refractivity contribution < 1.29 is 28.2 Å². The maximum atomic E-state index is 13.0. The summed E-state index contributed by atoms with van der Waals surface area (Å²) >= 11 is 6.24. The first kappa shape index (κ1) is 19.2. The summed E-state index contributed by atoms with van der Waals surface area (Å²) in [6.45, 7) is 0.0122. The van der Waals surface area contributed by atoms with Crippen molar-refractivity contribution in [1.82, 2.24) is 0 Å². The van der Waals surface area contributed by atoms with Crippen molar-refractivity contribution in [3.05, 3.63) is 58.5 Å². The third-order valence-corrected chi connectivity index (χ3v) is 5.00. The van der Waals surface area contributed by atoms with Gasteiger partial charge in [-0.05, 0) is 42.0 Å². The van der Waals surface area contributed by atoms with Crippen LogP contribution < -0.4 is 4.90 Å². The van der Waals surface area contributed by atoms with Gasteiger partial charge in [0.05, 0.1) is 21.2 Å². The Balaban J connectivity index is 1.96. The number of amides is 1. The van der Waals surface area contributed by atoms with E-state index in [4.69, 9.17) is 12.2 Å². The highest BCUT2D eigenvalue weighted by Gasteiger charge is 2.33. The number of thioether (sulfide) groups is 1. The molecule has 1 saturated heterocycles. The molecule has 9 heteroatoms. The van der Waals surface area contributed by atoms with Gasteiger partial charge in [0.15, 0.2) is 11.5 Å². The molecule has 0 spiro atoms. The molecule has 0 atom stereocenters. The fraction of sp³-hybridized carbons (Fsp3) is 0.111. The molecule has 1 amide bonds. The standard InChI is InChI=1S/C18H12F3NO3S2/c19-18(20,21)11-2-1-3-12(8-11)22-9-16(26)27-15(17(22)25)7-10-4-5-13(23)14(24)6-10/h1-8,23-24H,9H2/b15-7-. The van der Waals surface area contributed by atoms with E-state index in [1.165, 1.54) is 41.3 Å². The van der Waals surface area contributed by atoms with Crippen LogP contribution in [0, 0.1) is 0 Å². The molecule has 0 unspecified atom stereocenters. The van der Waals surface area contributed by atoms with Gasteiger partial charge in [-0.1, -0.05) is 36.1 Å². The Morgan fingerprint density at radius 3 is 2.52 bits per heavy atom. The minimum absolute atomic E-state index is 0.0122. The van der Waals surface area contributed by atoms with E-state index < -0.39 is 17.6 Å². The van der Waals surface area contributed by atoms with Crippen molar-refractivity contribution in [2.24, 2.45) is 0 Å². The number of anilines is 1. The number of carbonyl (C=O) groups is 1. The zero-order valence-electron chi connectivity index (χ0n) is 13.5. The van der Waals surface area contributed by atoms with Crippen LogP contribution in [0.3, 0.4) is 0 Å². The second kappa shape index (κ2) is 7.24. The lowest BCUT2D eigenvalue weighted by Gasteiger charge is -2.29. The summed E-state index contributed by atoms with van der Waals surface area (Å²) < 4.78 is 39.3. The van der Waals surface area contributed by atoms with Crippen LogP contribution in [0.1, 0.15) is 11.1 Å². The van der Waals surface area contributed by atoms with E-state index in [2.05, 4.69) is 0 Å². The molecule has 1 heterocycles. The molecule has 0 bridgehead atoms. The molecule has 4 nitrogen and oxygen atoms in total. The van der Waals surface area contributed by atoms with Crippen LogP contribution in [0.25, 0.3) is 6.08 Å². The molecule has 2 aromatic carbocycles. The average molecular weight is 411 g/mol. The van der Waals surface area contributed by atoms with Crippen LogP contribution >= 0.6 is 24.0 Å². The van der Waals surface area contributed by atoms with Crippen LogP contribution in [0.4, 0.5) is 18.9 Å². The number of aromatic hydroxyl groups is 2. The maximum Gasteiger partial charge on any atom is 0.416 e. The van der Waals surface area contributed by atoms with Gasteiger partial charge in [0.1, 0.15) is 0 Å². The summed E-state index contributed by atoms with van der Waals surface area (Å²) in [5, 5.41) is 18.9. The lowest BCUT2D eigenvalue weighted by atomic mass is 10.1. The number of halogens is 3. The third kappa shape index (κ3) is 4.25. The fourth-order valence-corrected chi connectivity index (χ4v) is 3.69. The second-order valence-corrected chi connectivity index (χ2v) is 7.56. The predicted molar refractivity (Wildman–Crippen MR) is 102 cm³/mol. The molecular weight excluding hydrogens is 399 g/mol. The quantitative estimate of drug-likeness (QED) is 0.431. The number of nitrogens with zero attached hydrogens (tertiary/aromatic N) is 1. The van der Waals surface area contributed by atoms with Crippen molar-refractivity contribution in [3.8, 4) is 11.5 Å². The topological polar surface area (TPSA) is 60.8 Å². The first-order chi connectivity index (χ1) is 12.6. The van der Waals surface area contributed by atoms with Gasteiger partial charge in [0, 0.05) is 5.69 Å². The molecule has 0 aromatic heterocycles. The van der Waals surface area contributed by atoms with Crippen LogP contribution in [0.5, 0.6) is 11.5 Å². The van der Waals surface area contributed by atoms with Gasteiger partial charge in [-0.2, -0.15) is 13.2 Å². The van der Waals surface area contributed by atoms with Gasteiger partial charge >= 0.3 is 6.18 Å². The minimum Gasteiger partial charge on any atom is -0.504 e. The summed E-state index contributed by atoms with van der Waals surface area (Å²) in [7, 11) is 0. The van der Waals surface area contributed by atoms with Gasteiger partial charge in [-0.15, -0.1) is 0 Å². The highest BCUT2D eigenvalue weighted by Crippen LogP contribution is 2.36. The van der Waals surface area contributed by atoms with Gasteiger partial charge < -0.3 is 15.1 Å². The zero-order valence-corrected chi connectivity index (χ0v) is 15.2. The highest BCUT2D eigenvalue weighted by atomic mass is 32.2. The molecule has 1 aliphatic rings. The van der Waals surface area contributed by atoms with Gasteiger partial charge in [-0.25, -0.2) is 0 Å². The number of hydrogen-bond donors (Lipinski definition) is 2. The van der Waals surface area contributed by atoms with Crippen molar-refractivity contribution in [1.29, 1.82) is 0 Å². The summed E-state index contributed by atoms with van der Waals surface area (Å²) in [6.07, 6.45) is -3.06. The van der Waals surface area contributed by atoms with E-state index in [1.807, 2.05) is 0 Å². The summed E-state index contributed by atoms with van der Waals surface area (Å²) in [4.78, 5) is 14.2. The largest absolute Gasteiger partial charge is 0.504 e. The molecule has 27 heavy (non-hydrogen) atoms. The Labute approximate surface area is 161 Å². The average Bonchev–Trinajstić information content (AvgIpc) is 2.60. The van der Waals surface area contributed by atoms with Gasteiger partial charge in [-0.3, -0.25) is 4.79 Å². The number of alkyl halides is 3. The van der Waals surface area contributed by atoms with E-state index in [0.29, 0.717) is 9.76 Å². The SMILES string of the molecule is O=C1/C(=C/c2ccc(O)c(O)c2)SC(=S)CN1c1cccc(C(F)(F)F)c1. The van der Waals surface area contributed by atoms with Crippen molar-refractivity contribution in [2.75, 3.05) is 11.4 Å². The Hall–Kier alpha value is -2.52. The predicted octanol–water partition coefficient (Wildman–Crippen LogP) is 4.56. The smallest absolute Gasteiger partial charge is 0.416 e. The Bertz CT molecular complexity index is 957. The molecule has 140 valence electrons. The van der Waals surface area contributed by atoms with Gasteiger partial charge in [0.2, 0.25) is 0 Å². The molecule has 0 radical (unpaired) electrons. The number of phenols is 2. The first-order valence-electron chi connectivity index (χ1n) is 7.58. The second-order valence-electron chi connectivity index (χ2n) is 5.67. The summed E-state index contributed by atoms with van der Waals surface area (Å²) in [5.41, 5.74) is -0.322. The van der Waals surface area contributed by atoms with E-state index in [9.17, 15) is 28.2 Å². The van der Waals surface area contributed by atoms with Crippen LogP contribution in [0.15, 0.2) is 47.4 Å². The fourth-order valence-electron chi connectivity index (χ4n) is 2.46. The Morgan fingerprint density at radius 2 is 1.85 bits per heavy atom. The molecule has 2 aromatic rings. The lowest BCUT2D eigenvalue weighted by Crippen LogP contribution is -2.39. The normalized spacial score (nSPS) is 16.9. The number of rotatable bonds is 2. The highest BCUT2D eigenvalue weighted by molar-refractivity contribution is 8.26. The Morgan fingerprint density at radius 1 is 1.11 bits per heavy atom. The minimum atomic E-state index is -4.52. The zero-order chi connectivity index (χ0) is 19.8. The van der Waals surface area contributed by atoms with Crippen molar-refractivity contribution in [2.45, 2.75) is 6.18 Å². The molecule has 0 aliphatic carbocycles. The van der Waals surface area contributed by atoms with Crippen molar-refractivity contribution in [3.63, 3.8) is 0 Å². The van der Waals surface area contributed by atoms with Crippen LogP contribution in [-0.2, 0) is 11.0 Å². The molecule has 1 aliphatic heterocycles. The summed E-state index contributed by atoms with van der Waals surface area (Å²) in [6, 6.07) is 8.50. The maximum absolute atomic E-state index is 13.0. The molecular formula is C18H12F3NO3S2. The number of carbonyl (C=O) groups excluding carboxylic acids is 1. The number of phenolic OH excluding ortho intramolecular Hbond substituents is 2. The molecule has 3 rings (SSSR count). The number of benzene rings is 2.